The Balaban J connectivity index is 2.10. The van der Waals surface area contributed by atoms with Gasteiger partial charge >= 0.3 is 0 Å². The van der Waals surface area contributed by atoms with Crippen molar-refractivity contribution in [2.24, 2.45) is 0 Å². The predicted molar refractivity (Wildman–Crippen MR) is 64.7 cm³/mol. The molecule has 0 amide bonds. The standard InChI is InChI=1S/C13H9ClN2O/c14-11-5-6-16-12(7-11)9-17-13-4-2-1-3-10(13)8-15/h1-7H,9H2. The number of nitriles is 1. The first-order chi connectivity index (χ1) is 8.29. The molecule has 0 radical (unpaired) electrons. The Bertz CT molecular complexity index is 563. The van der Waals surface area contributed by atoms with E-state index in [1.165, 1.54) is 0 Å². The van der Waals surface area contributed by atoms with Gasteiger partial charge in [0.25, 0.3) is 0 Å². The zero-order valence-electron chi connectivity index (χ0n) is 8.93. The van der Waals surface area contributed by atoms with Crippen molar-refractivity contribution in [2.45, 2.75) is 6.61 Å². The van der Waals surface area contributed by atoms with E-state index in [9.17, 15) is 0 Å². The number of benzene rings is 1. The van der Waals surface area contributed by atoms with E-state index < -0.39 is 0 Å². The summed E-state index contributed by atoms with van der Waals surface area (Å²) in [7, 11) is 0. The van der Waals surface area contributed by atoms with Gasteiger partial charge in [0.1, 0.15) is 18.4 Å². The van der Waals surface area contributed by atoms with Gasteiger partial charge in [0.2, 0.25) is 0 Å². The first-order valence-electron chi connectivity index (χ1n) is 5.02. The molecule has 0 unspecified atom stereocenters. The fraction of sp³-hybridized carbons (Fsp3) is 0.0769. The van der Waals surface area contributed by atoms with Gasteiger partial charge in [-0.1, -0.05) is 23.7 Å². The Labute approximate surface area is 104 Å². The summed E-state index contributed by atoms with van der Waals surface area (Å²) < 4.78 is 5.53. The smallest absolute Gasteiger partial charge is 0.137 e. The number of nitrogens with zero attached hydrogens (tertiary/aromatic N) is 2. The molecule has 1 aromatic carbocycles. The molecule has 3 nitrogen and oxygen atoms in total. The van der Waals surface area contributed by atoms with Crippen LogP contribution >= 0.6 is 11.6 Å². The Hall–Kier alpha value is -2.05. The molecule has 0 spiro atoms. The molecule has 0 N–H and O–H groups in total. The summed E-state index contributed by atoms with van der Waals surface area (Å²) in [5, 5.41) is 9.51. The minimum Gasteiger partial charge on any atom is -0.486 e. The average Bonchev–Trinajstić information content (AvgIpc) is 2.37. The lowest BCUT2D eigenvalue weighted by atomic mass is 10.2. The van der Waals surface area contributed by atoms with Crippen LogP contribution < -0.4 is 4.74 Å². The summed E-state index contributed by atoms with van der Waals surface area (Å²) in [6.45, 7) is 0.291. The van der Waals surface area contributed by atoms with Crippen LogP contribution in [-0.4, -0.2) is 4.98 Å². The van der Waals surface area contributed by atoms with E-state index in [0.717, 1.165) is 5.69 Å². The average molecular weight is 245 g/mol. The molecule has 0 saturated carbocycles. The molecule has 0 aliphatic rings. The highest BCUT2D eigenvalue weighted by Gasteiger charge is 2.02. The van der Waals surface area contributed by atoms with Crippen molar-refractivity contribution < 1.29 is 4.74 Å². The van der Waals surface area contributed by atoms with Crippen molar-refractivity contribution in [1.82, 2.24) is 4.98 Å². The molecule has 0 fully saturated rings. The van der Waals surface area contributed by atoms with Crippen LogP contribution in [0.25, 0.3) is 0 Å². The minimum atomic E-state index is 0.291. The SMILES string of the molecule is N#Cc1ccccc1OCc1cc(Cl)ccn1. The lowest BCUT2D eigenvalue weighted by Crippen LogP contribution is -1.99. The van der Waals surface area contributed by atoms with Gasteiger partial charge in [-0.05, 0) is 24.3 Å². The van der Waals surface area contributed by atoms with E-state index in [4.69, 9.17) is 21.6 Å². The monoisotopic (exact) mass is 244 g/mol. The summed E-state index contributed by atoms with van der Waals surface area (Å²) in [5.41, 5.74) is 1.24. The fourth-order valence-corrected chi connectivity index (χ4v) is 1.55. The maximum atomic E-state index is 8.89. The van der Waals surface area contributed by atoms with Gasteiger partial charge < -0.3 is 4.74 Å². The summed E-state index contributed by atoms with van der Waals surface area (Å²) in [6, 6.07) is 12.6. The Morgan fingerprint density at radius 3 is 2.88 bits per heavy atom. The molecule has 84 valence electrons. The third-order valence-electron chi connectivity index (χ3n) is 2.16. The summed E-state index contributed by atoms with van der Waals surface area (Å²) in [6.07, 6.45) is 1.62. The quantitative estimate of drug-likeness (QED) is 0.833. The zero-order valence-corrected chi connectivity index (χ0v) is 9.69. The van der Waals surface area contributed by atoms with Gasteiger partial charge in [0.15, 0.2) is 0 Å². The Morgan fingerprint density at radius 2 is 2.12 bits per heavy atom. The highest BCUT2D eigenvalue weighted by molar-refractivity contribution is 6.30. The van der Waals surface area contributed by atoms with Crippen LogP contribution in [0.3, 0.4) is 0 Å². The van der Waals surface area contributed by atoms with E-state index in [1.54, 1.807) is 36.5 Å². The molecular weight excluding hydrogens is 236 g/mol. The number of ether oxygens (including phenoxy) is 1. The number of hydrogen-bond acceptors (Lipinski definition) is 3. The summed E-state index contributed by atoms with van der Waals surface area (Å²) >= 11 is 5.84. The molecule has 0 aliphatic carbocycles. The van der Waals surface area contributed by atoms with Crippen LogP contribution in [-0.2, 0) is 6.61 Å². The number of halogens is 1. The Morgan fingerprint density at radius 1 is 1.29 bits per heavy atom. The van der Waals surface area contributed by atoms with E-state index in [2.05, 4.69) is 11.1 Å². The second-order valence-electron chi connectivity index (χ2n) is 3.36. The van der Waals surface area contributed by atoms with Gasteiger partial charge in [-0.2, -0.15) is 5.26 Å². The molecule has 2 aromatic rings. The van der Waals surface area contributed by atoms with E-state index in [1.807, 2.05) is 6.07 Å². The van der Waals surface area contributed by atoms with Gasteiger partial charge in [0.05, 0.1) is 11.3 Å². The molecule has 0 aliphatic heterocycles. The minimum absolute atomic E-state index is 0.291. The van der Waals surface area contributed by atoms with Crippen molar-refractivity contribution in [3.05, 3.63) is 58.9 Å². The molecule has 2 rings (SSSR count). The normalized spacial score (nSPS) is 9.65. The third kappa shape index (κ3) is 2.96. The predicted octanol–water partition coefficient (Wildman–Crippen LogP) is 3.19. The van der Waals surface area contributed by atoms with Crippen LogP contribution in [0.15, 0.2) is 42.6 Å². The van der Waals surface area contributed by atoms with Crippen LogP contribution in [0, 0.1) is 11.3 Å². The maximum absolute atomic E-state index is 8.89. The van der Waals surface area contributed by atoms with Crippen molar-refractivity contribution in [1.29, 1.82) is 5.26 Å². The van der Waals surface area contributed by atoms with E-state index in [0.29, 0.717) is 22.9 Å². The first-order valence-corrected chi connectivity index (χ1v) is 5.40. The molecule has 1 heterocycles. The summed E-state index contributed by atoms with van der Waals surface area (Å²) in [5.74, 6) is 0.553. The lowest BCUT2D eigenvalue weighted by molar-refractivity contribution is 0.300. The van der Waals surface area contributed by atoms with Crippen molar-refractivity contribution >= 4 is 11.6 Å². The second-order valence-corrected chi connectivity index (χ2v) is 3.80. The summed E-state index contributed by atoms with van der Waals surface area (Å²) in [4.78, 5) is 4.12. The maximum Gasteiger partial charge on any atom is 0.137 e. The lowest BCUT2D eigenvalue weighted by Gasteiger charge is -2.06. The highest BCUT2D eigenvalue weighted by atomic mass is 35.5. The van der Waals surface area contributed by atoms with Crippen LogP contribution in [0.1, 0.15) is 11.3 Å². The Kier molecular flexibility index (Phi) is 3.59. The highest BCUT2D eigenvalue weighted by Crippen LogP contribution is 2.18. The van der Waals surface area contributed by atoms with Gasteiger partial charge in [0, 0.05) is 11.2 Å². The first kappa shape index (κ1) is 11.4. The topological polar surface area (TPSA) is 45.9 Å². The molecule has 17 heavy (non-hydrogen) atoms. The molecule has 1 aromatic heterocycles. The van der Waals surface area contributed by atoms with E-state index >= 15 is 0 Å². The number of hydrogen-bond donors (Lipinski definition) is 0. The van der Waals surface area contributed by atoms with Crippen LogP contribution in [0.5, 0.6) is 5.75 Å². The number of rotatable bonds is 3. The molecular formula is C13H9ClN2O. The molecule has 0 bridgehead atoms. The molecule has 0 saturated heterocycles. The van der Waals surface area contributed by atoms with Crippen LogP contribution in [0.2, 0.25) is 5.02 Å². The van der Waals surface area contributed by atoms with Crippen LogP contribution in [0.4, 0.5) is 0 Å². The van der Waals surface area contributed by atoms with Gasteiger partial charge in [-0.25, -0.2) is 0 Å². The second kappa shape index (κ2) is 5.33. The zero-order chi connectivity index (χ0) is 12.1. The van der Waals surface area contributed by atoms with Crippen molar-refractivity contribution in [3.8, 4) is 11.8 Å². The van der Waals surface area contributed by atoms with Crippen molar-refractivity contribution in [3.63, 3.8) is 0 Å². The van der Waals surface area contributed by atoms with Crippen molar-refractivity contribution in [2.75, 3.05) is 0 Å². The molecule has 4 heteroatoms. The van der Waals surface area contributed by atoms with Gasteiger partial charge in [-0.15, -0.1) is 0 Å². The largest absolute Gasteiger partial charge is 0.486 e. The fourth-order valence-electron chi connectivity index (χ4n) is 1.36. The van der Waals surface area contributed by atoms with Gasteiger partial charge in [-0.3, -0.25) is 4.98 Å². The van der Waals surface area contributed by atoms with E-state index in [-0.39, 0.29) is 0 Å². The third-order valence-corrected chi connectivity index (χ3v) is 2.40. The number of pyridine rings is 1. The number of para-hydroxylation sites is 1. The number of aromatic nitrogens is 1. The molecule has 0 atom stereocenters.